The molecule has 0 unspecified atom stereocenters. The largest absolute Gasteiger partial charge is 0.497 e. The van der Waals surface area contributed by atoms with E-state index >= 15 is 0 Å². The lowest BCUT2D eigenvalue weighted by Crippen LogP contribution is -2.43. The summed E-state index contributed by atoms with van der Waals surface area (Å²) in [4.78, 5) is 33.2. The molecule has 11 heteroatoms. The van der Waals surface area contributed by atoms with Gasteiger partial charge < -0.3 is 10.1 Å². The van der Waals surface area contributed by atoms with Crippen molar-refractivity contribution < 1.29 is 9.53 Å². The summed E-state index contributed by atoms with van der Waals surface area (Å²) in [6.45, 7) is 0. The Morgan fingerprint density at radius 2 is 1.86 bits per heavy atom. The Morgan fingerprint density at radius 3 is 2.56 bits per heavy atom. The molecular weight excluding hydrogens is 482 g/mol. The van der Waals surface area contributed by atoms with Gasteiger partial charge in [0.1, 0.15) is 5.75 Å². The lowest BCUT2D eigenvalue weighted by atomic mass is 10.2. The van der Waals surface area contributed by atoms with Crippen LogP contribution in [-0.4, -0.2) is 23.1 Å². The van der Waals surface area contributed by atoms with Gasteiger partial charge in [-0.2, -0.15) is 15.3 Å². The number of amides is 2. The number of nitrogens with one attached hydrogen (secondary N) is 1. The van der Waals surface area contributed by atoms with Gasteiger partial charge in [-0.05, 0) is 48.5 Å². The number of benzene rings is 3. The fourth-order valence-electron chi connectivity index (χ4n) is 3.34. The number of nitroso groups, excluding NO2 is 1. The Labute approximate surface area is 211 Å². The molecule has 0 aliphatic rings. The molecule has 0 saturated heterocycles. The first kappa shape index (κ1) is 24.1. The monoisotopic (exact) mass is 499 g/mol. The van der Waals surface area contributed by atoms with E-state index in [1.54, 1.807) is 78.9 Å². The fourth-order valence-corrected chi connectivity index (χ4v) is 3.55. The van der Waals surface area contributed by atoms with Crippen LogP contribution in [0.4, 0.5) is 33.6 Å². The van der Waals surface area contributed by atoms with Gasteiger partial charge in [0, 0.05) is 29.2 Å². The fraction of sp³-hybridized carbons (Fsp3) is 0.0400. The van der Waals surface area contributed by atoms with E-state index in [0.29, 0.717) is 22.7 Å². The zero-order valence-corrected chi connectivity index (χ0v) is 19.6. The number of urea groups is 1. The van der Waals surface area contributed by atoms with E-state index in [0.717, 1.165) is 5.01 Å². The van der Waals surface area contributed by atoms with Gasteiger partial charge in [-0.3, -0.25) is 0 Å². The third-order valence-corrected chi connectivity index (χ3v) is 5.29. The van der Waals surface area contributed by atoms with Gasteiger partial charge in [0.2, 0.25) is 5.95 Å². The van der Waals surface area contributed by atoms with Gasteiger partial charge >= 0.3 is 6.03 Å². The molecule has 0 saturated carbocycles. The first-order valence-corrected chi connectivity index (χ1v) is 10.9. The van der Waals surface area contributed by atoms with Crippen molar-refractivity contribution in [1.29, 1.82) is 5.26 Å². The lowest BCUT2D eigenvalue weighted by molar-refractivity contribution is 0.254. The van der Waals surface area contributed by atoms with Crippen LogP contribution in [0, 0.1) is 16.2 Å². The van der Waals surface area contributed by atoms with E-state index in [2.05, 4.69) is 26.5 Å². The molecule has 0 aliphatic heterocycles. The average molecular weight is 500 g/mol. The van der Waals surface area contributed by atoms with Crippen LogP contribution in [-0.2, 0) is 0 Å². The summed E-state index contributed by atoms with van der Waals surface area (Å²) in [5.74, 6) is 0.940. The summed E-state index contributed by atoms with van der Waals surface area (Å²) in [6.07, 6.45) is 1.49. The molecule has 178 valence electrons. The van der Waals surface area contributed by atoms with Crippen LogP contribution in [0.3, 0.4) is 0 Å². The van der Waals surface area contributed by atoms with Crippen molar-refractivity contribution in [3.8, 4) is 11.8 Å². The Bertz CT molecular complexity index is 1440. The van der Waals surface area contributed by atoms with Crippen molar-refractivity contribution in [3.63, 3.8) is 0 Å². The molecule has 1 heterocycles. The number of hydrogen-bond donors (Lipinski definition) is 1. The van der Waals surface area contributed by atoms with Crippen LogP contribution >= 0.6 is 11.6 Å². The molecule has 3 aromatic carbocycles. The van der Waals surface area contributed by atoms with E-state index in [1.807, 2.05) is 0 Å². The number of hydrazine groups is 1. The third kappa shape index (κ3) is 5.22. The summed E-state index contributed by atoms with van der Waals surface area (Å²) in [7, 11) is 1.51. The Morgan fingerprint density at radius 1 is 1.08 bits per heavy atom. The number of hydrogen-bond acceptors (Lipinski definition) is 8. The highest BCUT2D eigenvalue weighted by molar-refractivity contribution is 6.34. The number of rotatable bonds is 7. The molecule has 1 N–H and O–H groups in total. The zero-order chi connectivity index (χ0) is 25.5. The number of nitrogens with zero attached hydrogens (tertiary/aromatic N) is 6. The molecular formula is C25H18ClN7O3. The second-order valence-electron chi connectivity index (χ2n) is 7.20. The minimum Gasteiger partial charge on any atom is -0.497 e. The maximum atomic E-state index is 12.9. The van der Waals surface area contributed by atoms with Crippen LogP contribution in [0.5, 0.6) is 5.75 Å². The first-order valence-electron chi connectivity index (χ1n) is 10.5. The number of halogens is 1. The van der Waals surface area contributed by atoms with Gasteiger partial charge in [-0.15, -0.1) is 4.91 Å². The third-order valence-electron chi connectivity index (χ3n) is 4.97. The number of carbonyl (C=O) groups excluding carboxylic acids is 1. The Hall–Kier alpha value is -5.01. The number of carbonyl (C=O) groups is 1. The van der Waals surface area contributed by atoms with Gasteiger partial charge in [-0.1, -0.05) is 29.8 Å². The van der Waals surface area contributed by atoms with E-state index in [-0.39, 0.29) is 22.5 Å². The molecule has 2 amide bonds. The number of nitriles is 1. The van der Waals surface area contributed by atoms with Crippen LogP contribution in [0.2, 0.25) is 5.02 Å². The van der Waals surface area contributed by atoms with E-state index in [9.17, 15) is 9.70 Å². The van der Waals surface area contributed by atoms with Crippen LogP contribution in [0.15, 0.2) is 90.2 Å². The highest BCUT2D eigenvalue weighted by Gasteiger charge is 2.29. The maximum absolute atomic E-state index is 12.9. The SMILES string of the molecule is COc1cccc(N(c2ccnc(Nc3ccc(C#N)cc3)n2)N(C(=O)N=O)c2ccccc2Cl)c1. The number of aromatic nitrogens is 2. The number of methoxy groups -OCH3 is 1. The van der Waals surface area contributed by atoms with Gasteiger partial charge in [0.15, 0.2) is 5.82 Å². The number of para-hydroxylation sites is 1. The summed E-state index contributed by atoms with van der Waals surface area (Å²) >= 11 is 6.40. The Kier molecular flexibility index (Phi) is 7.33. The molecule has 1 aromatic heterocycles. The van der Waals surface area contributed by atoms with Gasteiger partial charge in [-0.25, -0.2) is 14.8 Å². The highest BCUT2D eigenvalue weighted by atomic mass is 35.5. The molecule has 10 nitrogen and oxygen atoms in total. The minimum absolute atomic E-state index is 0.204. The standard InChI is InChI=1S/C25H18ClN7O3/c1-36-20-6-4-5-19(15-20)32(33(25(34)31-35)22-8-3-2-7-21(22)26)23-13-14-28-24(30-23)29-18-11-9-17(16-27)10-12-18/h2-15H,1H3,(H,28,29,30). The molecule has 0 aliphatic carbocycles. The number of anilines is 5. The summed E-state index contributed by atoms with van der Waals surface area (Å²) < 4.78 is 5.35. The molecule has 0 radical (unpaired) electrons. The summed E-state index contributed by atoms with van der Waals surface area (Å²) in [6, 6.07) is 22.6. The van der Waals surface area contributed by atoms with Gasteiger partial charge in [0.25, 0.3) is 0 Å². The molecule has 4 rings (SSSR count). The number of ether oxygens (including phenoxy) is 1. The van der Waals surface area contributed by atoms with Crippen molar-refractivity contribution in [2.75, 3.05) is 22.4 Å². The van der Waals surface area contributed by atoms with Crippen molar-refractivity contribution in [2.24, 2.45) is 5.18 Å². The van der Waals surface area contributed by atoms with E-state index in [1.165, 1.54) is 18.3 Å². The molecule has 0 fully saturated rings. The molecule has 4 aromatic rings. The second-order valence-corrected chi connectivity index (χ2v) is 7.61. The topological polar surface area (TPSA) is 124 Å². The smallest absolute Gasteiger partial charge is 0.404 e. The van der Waals surface area contributed by atoms with Crippen molar-refractivity contribution in [2.45, 2.75) is 0 Å². The van der Waals surface area contributed by atoms with Crippen molar-refractivity contribution in [1.82, 2.24) is 9.97 Å². The van der Waals surface area contributed by atoms with E-state index in [4.69, 9.17) is 21.6 Å². The lowest BCUT2D eigenvalue weighted by Gasteiger charge is -2.34. The molecule has 36 heavy (non-hydrogen) atoms. The van der Waals surface area contributed by atoms with Crippen molar-refractivity contribution in [3.05, 3.63) is 101 Å². The highest BCUT2D eigenvalue weighted by Crippen LogP contribution is 2.35. The molecule has 0 spiro atoms. The average Bonchev–Trinajstić information content (AvgIpc) is 2.92. The van der Waals surface area contributed by atoms with Crippen LogP contribution in [0.1, 0.15) is 5.56 Å². The summed E-state index contributed by atoms with van der Waals surface area (Å²) in [5.41, 5.74) is 1.81. The van der Waals surface area contributed by atoms with Crippen molar-refractivity contribution >= 4 is 46.5 Å². The quantitative estimate of drug-likeness (QED) is 0.235. The van der Waals surface area contributed by atoms with Crippen LogP contribution in [0.25, 0.3) is 0 Å². The van der Waals surface area contributed by atoms with Crippen LogP contribution < -0.4 is 20.1 Å². The second kappa shape index (κ2) is 10.9. The Balaban J connectivity index is 1.84. The minimum atomic E-state index is -1.12. The predicted octanol–water partition coefficient (Wildman–Crippen LogP) is 6.20. The first-order chi connectivity index (χ1) is 17.5. The maximum Gasteiger partial charge on any atom is 0.404 e. The van der Waals surface area contributed by atoms with Gasteiger partial charge in [0.05, 0.1) is 35.1 Å². The van der Waals surface area contributed by atoms with E-state index < -0.39 is 6.03 Å². The predicted molar refractivity (Wildman–Crippen MR) is 137 cm³/mol. The summed E-state index contributed by atoms with van der Waals surface area (Å²) in [5, 5.41) is 17.3. The molecule has 0 atom stereocenters. The normalized spacial score (nSPS) is 10.1. The molecule has 0 bridgehead atoms. The zero-order valence-electron chi connectivity index (χ0n) is 18.9.